The lowest BCUT2D eigenvalue weighted by Gasteiger charge is -2.21. The quantitative estimate of drug-likeness (QED) is 0.355. The third-order valence-electron chi connectivity index (χ3n) is 5.17. The normalized spacial score (nSPS) is 11.4. The Labute approximate surface area is 201 Å². The number of fused-ring (bicyclic) bond motifs is 1. The number of amides is 1. The second-order valence-electron chi connectivity index (χ2n) is 7.39. The molecular weight excluding hydrogens is 480 g/mol. The smallest absolute Gasteiger partial charge is 0.267 e. The van der Waals surface area contributed by atoms with Gasteiger partial charge in [0.2, 0.25) is 0 Å². The Bertz CT molecular complexity index is 1460. The molecule has 9 heteroatoms. The molecule has 1 heterocycles. The number of sulfonamides is 1. The molecule has 0 unspecified atom stereocenters. The van der Waals surface area contributed by atoms with Crippen LogP contribution in [0.4, 0.5) is 11.4 Å². The lowest BCUT2D eigenvalue weighted by atomic mass is 10.2. The van der Waals surface area contributed by atoms with Crippen molar-refractivity contribution < 1.29 is 17.9 Å². The van der Waals surface area contributed by atoms with Crippen molar-refractivity contribution in [3.8, 4) is 5.75 Å². The van der Waals surface area contributed by atoms with Gasteiger partial charge in [-0.2, -0.15) is 0 Å². The van der Waals surface area contributed by atoms with Gasteiger partial charge in [-0.3, -0.25) is 9.10 Å². The van der Waals surface area contributed by atoms with Crippen molar-refractivity contribution in [3.63, 3.8) is 0 Å². The molecule has 0 bridgehead atoms. The second-order valence-corrected chi connectivity index (χ2v) is 10.8. The number of thiophene rings is 1. The molecule has 1 amide bonds. The predicted octanol–water partition coefficient (Wildman–Crippen LogP) is 5.95. The van der Waals surface area contributed by atoms with E-state index in [1.54, 1.807) is 66.7 Å². The van der Waals surface area contributed by atoms with Crippen LogP contribution >= 0.6 is 22.9 Å². The maximum absolute atomic E-state index is 13.3. The zero-order valence-corrected chi connectivity index (χ0v) is 20.5. The number of nitrogens with zero attached hydrogens (tertiary/aromatic N) is 1. The maximum atomic E-state index is 13.3. The molecule has 0 fully saturated rings. The summed E-state index contributed by atoms with van der Waals surface area (Å²) >= 11 is 7.45. The number of aryl methyl sites for hydroxylation is 1. The predicted molar refractivity (Wildman–Crippen MR) is 135 cm³/mol. The van der Waals surface area contributed by atoms with Crippen LogP contribution in [0.3, 0.4) is 0 Å². The minimum atomic E-state index is -3.86. The van der Waals surface area contributed by atoms with Crippen LogP contribution in [0.5, 0.6) is 5.75 Å². The standard InChI is InChI=1S/C24H21ClN2O4S2/c1-15-8-10-20(31-3)23(12-15)33(29,30)27(2)17-9-11-21-16(13-17)14-22(32-21)24(28)26-19-7-5-4-6-18(19)25/h4-14H,1-3H3,(H,26,28). The van der Waals surface area contributed by atoms with Crippen molar-refractivity contribution in [3.05, 3.63) is 82.2 Å². The fourth-order valence-electron chi connectivity index (χ4n) is 3.36. The molecule has 0 aliphatic rings. The average Bonchev–Trinajstić information content (AvgIpc) is 3.23. The van der Waals surface area contributed by atoms with Crippen molar-refractivity contribution in [2.45, 2.75) is 11.8 Å². The minimum Gasteiger partial charge on any atom is -0.495 e. The molecule has 3 aromatic carbocycles. The molecule has 0 spiro atoms. The lowest BCUT2D eigenvalue weighted by Crippen LogP contribution is -2.27. The Kier molecular flexibility index (Phi) is 6.34. The van der Waals surface area contributed by atoms with Crippen molar-refractivity contribution in [2.75, 3.05) is 23.8 Å². The van der Waals surface area contributed by atoms with E-state index in [1.165, 1.54) is 29.8 Å². The van der Waals surface area contributed by atoms with Crippen LogP contribution in [0.1, 0.15) is 15.2 Å². The average molecular weight is 501 g/mol. The number of carbonyl (C=O) groups excluding carboxylic acids is 1. The number of hydrogen-bond donors (Lipinski definition) is 1. The Morgan fingerprint density at radius 3 is 2.55 bits per heavy atom. The summed E-state index contributed by atoms with van der Waals surface area (Å²) in [6.07, 6.45) is 0. The van der Waals surface area contributed by atoms with Crippen LogP contribution in [0.2, 0.25) is 5.02 Å². The molecule has 0 saturated heterocycles. The monoisotopic (exact) mass is 500 g/mol. The van der Waals surface area contributed by atoms with Gasteiger partial charge >= 0.3 is 0 Å². The number of halogens is 1. The van der Waals surface area contributed by atoms with Crippen LogP contribution in [0.15, 0.2) is 71.6 Å². The Morgan fingerprint density at radius 2 is 1.82 bits per heavy atom. The van der Waals surface area contributed by atoms with E-state index < -0.39 is 10.0 Å². The van der Waals surface area contributed by atoms with Crippen LogP contribution in [-0.2, 0) is 10.0 Å². The SMILES string of the molecule is COc1ccc(C)cc1S(=O)(=O)N(C)c1ccc2sc(C(=O)Nc3ccccc3Cl)cc2c1. The van der Waals surface area contributed by atoms with Gasteiger partial charge in [-0.05, 0) is 66.4 Å². The van der Waals surface area contributed by atoms with Crippen LogP contribution in [-0.4, -0.2) is 28.5 Å². The van der Waals surface area contributed by atoms with E-state index in [4.69, 9.17) is 16.3 Å². The number of benzene rings is 3. The van der Waals surface area contributed by atoms with E-state index in [-0.39, 0.29) is 16.6 Å². The molecule has 1 N–H and O–H groups in total. The number of methoxy groups -OCH3 is 1. The highest BCUT2D eigenvalue weighted by molar-refractivity contribution is 7.93. The van der Waals surface area contributed by atoms with Gasteiger partial charge < -0.3 is 10.1 Å². The third-order valence-corrected chi connectivity index (χ3v) is 8.42. The topological polar surface area (TPSA) is 75.7 Å². The molecule has 0 radical (unpaired) electrons. The summed E-state index contributed by atoms with van der Waals surface area (Å²) in [5.74, 6) is -0.00100. The Hall–Kier alpha value is -3.07. The molecular formula is C24H21ClN2O4S2. The van der Waals surface area contributed by atoms with Crippen molar-refractivity contribution in [1.82, 2.24) is 0 Å². The summed E-state index contributed by atoms with van der Waals surface area (Å²) in [4.78, 5) is 13.3. The molecule has 0 aliphatic heterocycles. The van der Waals surface area contributed by atoms with Crippen molar-refractivity contribution in [1.29, 1.82) is 0 Å². The van der Waals surface area contributed by atoms with E-state index in [9.17, 15) is 13.2 Å². The Balaban J connectivity index is 1.65. The zero-order chi connectivity index (χ0) is 23.8. The molecule has 170 valence electrons. The highest BCUT2D eigenvalue weighted by Gasteiger charge is 2.26. The second kappa shape index (κ2) is 9.05. The summed E-state index contributed by atoms with van der Waals surface area (Å²) in [5, 5.41) is 4.02. The number of hydrogen-bond acceptors (Lipinski definition) is 5. The van der Waals surface area contributed by atoms with Crippen LogP contribution in [0, 0.1) is 6.92 Å². The fraction of sp³-hybridized carbons (Fsp3) is 0.125. The van der Waals surface area contributed by atoms with Gasteiger partial charge in [-0.15, -0.1) is 11.3 Å². The first-order chi connectivity index (χ1) is 15.7. The van der Waals surface area contributed by atoms with Gasteiger partial charge in [0.15, 0.2) is 0 Å². The van der Waals surface area contributed by atoms with E-state index >= 15 is 0 Å². The molecule has 0 atom stereocenters. The molecule has 0 aliphatic carbocycles. The van der Waals surface area contributed by atoms with E-state index in [2.05, 4.69) is 5.32 Å². The van der Waals surface area contributed by atoms with Gasteiger partial charge in [0.25, 0.3) is 15.9 Å². The molecule has 0 saturated carbocycles. The van der Waals surface area contributed by atoms with Crippen molar-refractivity contribution in [2.24, 2.45) is 0 Å². The van der Waals surface area contributed by atoms with Crippen LogP contribution in [0.25, 0.3) is 10.1 Å². The van der Waals surface area contributed by atoms with E-state index in [0.717, 1.165) is 15.6 Å². The van der Waals surface area contributed by atoms with Gasteiger partial charge in [-0.25, -0.2) is 8.42 Å². The molecule has 4 aromatic rings. The number of rotatable bonds is 6. The number of para-hydroxylation sites is 1. The number of carbonyl (C=O) groups is 1. The summed E-state index contributed by atoms with van der Waals surface area (Å²) in [7, 11) is -0.927. The fourth-order valence-corrected chi connectivity index (χ4v) is 5.90. The summed E-state index contributed by atoms with van der Waals surface area (Å²) in [6.45, 7) is 1.82. The first kappa shape index (κ1) is 23.1. The van der Waals surface area contributed by atoms with Crippen molar-refractivity contribution >= 4 is 60.3 Å². The highest BCUT2D eigenvalue weighted by atomic mass is 35.5. The largest absolute Gasteiger partial charge is 0.495 e. The number of nitrogens with one attached hydrogen (secondary N) is 1. The third kappa shape index (κ3) is 4.55. The molecule has 4 rings (SSSR count). The number of anilines is 2. The van der Waals surface area contributed by atoms with Crippen LogP contribution < -0.4 is 14.4 Å². The zero-order valence-electron chi connectivity index (χ0n) is 18.1. The summed E-state index contributed by atoms with van der Waals surface area (Å²) < 4.78 is 34.0. The highest BCUT2D eigenvalue weighted by Crippen LogP contribution is 2.34. The van der Waals surface area contributed by atoms with Gasteiger partial charge in [0.1, 0.15) is 10.6 Å². The molecule has 1 aromatic heterocycles. The van der Waals surface area contributed by atoms with Gasteiger partial charge in [0.05, 0.1) is 28.4 Å². The first-order valence-electron chi connectivity index (χ1n) is 9.94. The summed E-state index contributed by atoms with van der Waals surface area (Å²) in [5.41, 5.74) is 1.81. The lowest BCUT2D eigenvalue weighted by molar-refractivity contribution is 0.103. The molecule has 6 nitrogen and oxygen atoms in total. The Morgan fingerprint density at radius 1 is 1.06 bits per heavy atom. The van der Waals surface area contributed by atoms with Gasteiger partial charge in [0, 0.05) is 11.7 Å². The van der Waals surface area contributed by atoms with E-state index in [0.29, 0.717) is 21.3 Å². The van der Waals surface area contributed by atoms with Gasteiger partial charge in [-0.1, -0.05) is 29.8 Å². The number of ether oxygens (including phenoxy) is 1. The molecule has 33 heavy (non-hydrogen) atoms. The minimum absolute atomic E-state index is 0.0951. The maximum Gasteiger partial charge on any atom is 0.267 e. The van der Waals surface area contributed by atoms with E-state index in [1.807, 2.05) is 6.92 Å². The first-order valence-corrected chi connectivity index (χ1v) is 12.6. The summed E-state index contributed by atoms with van der Waals surface area (Å²) in [6, 6.07) is 19.0.